The molecule has 2 atom stereocenters. The average Bonchev–Trinajstić information content (AvgIpc) is 2.62. The van der Waals surface area contributed by atoms with Gasteiger partial charge in [-0.2, -0.15) is 0 Å². The highest BCUT2D eigenvalue weighted by atomic mass is 35.5. The summed E-state index contributed by atoms with van der Waals surface area (Å²) in [6.07, 6.45) is 0. The van der Waals surface area contributed by atoms with Crippen LogP contribution in [-0.4, -0.2) is 24.7 Å². The van der Waals surface area contributed by atoms with Crippen LogP contribution in [0.25, 0.3) is 0 Å². The molecule has 5 heteroatoms. The number of para-hydroxylation sites is 1. The first-order valence-electron chi connectivity index (χ1n) is 7.05. The van der Waals surface area contributed by atoms with Crippen LogP contribution in [0.2, 0.25) is 5.02 Å². The smallest absolute Gasteiger partial charge is 0.311 e. The number of nitrogens with one attached hydrogen (secondary N) is 1. The minimum atomic E-state index is -0.885. The summed E-state index contributed by atoms with van der Waals surface area (Å²) < 4.78 is 5.96. The number of likely N-dealkylation sites (N-methyl/N-ethyl adjacent to an activating group) is 1. The topological polar surface area (TPSA) is 58.6 Å². The summed E-state index contributed by atoms with van der Waals surface area (Å²) in [5.41, 5.74) is 1.49. The molecule has 0 radical (unpaired) electrons. The van der Waals surface area contributed by atoms with Gasteiger partial charge in [0.2, 0.25) is 0 Å². The number of halogens is 1. The Morgan fingerprint density at radius 3 is 2.68 bits per heavy atom. The SMILES string of the molecule is CNCC1c2ccccc2Oc2ccc(Cl)cc2C1C(=O)O. The predicted octanol–water partition coefficient (Wildman–Crippen LogP) is 3.62. The van der Waals surface area contributed by atoms with Gasteiger partial charge in [0.25, 0.3) is 0 Å². The molecular formula is C17H16ClNO3. The fourth-order valence-corrected chi connectivity index (χ4v) is 3.18. The summed E-state index contributed by atoms with van der Waals surface area (Å²) in [6.45, 7) is 0.531. The van der Waals surface area contributed by atoms with Gasteiger partial charge in [-0.15, -0.1) is 0 Å². The molecule has 1 aliphatic heterocycles. The highest BCUT2D eigenvalue weighted by molar-refractivity contribution is 6.30. The van der Waals surface area contributed by atoms with Crippen LogP contribution in [0, 0.1) is 0 Å². The van der Waals surface area contributed by atoms with E-state index < -0.39 is 11.9 Å². The maximum Gasteiger partial charge on any atom is 0.311 e. The summed E-state index contributed by atoms with van der Waals surface area (Å²) in [5.74, 6) is -0.606. The van der Waals surface area contributed by atoms with Gasteiger partial charge >= 0.3 is 5.97 Å². The van der Waals surface area contributed by atoms with Crippen LogP contribution in [0.3, 0.4) is 0 Å². The minimum absolute atomic E-state index is 0.238. The Morgan fingerprint density at radius 1 is 1.23 bits per heavy atom. The Balaban J connectivity index is 2.24. The van der Waals surface area contributed by atoms with E-state index in [9.17, 15) is 9.90 Å². The van der Waals surface area contributed by atoms with Crippen molar-refractivity contribution in [3.05, 3.63) is 58.6 Å². The lowest BCUT2D eigenvalue weighted by Gasteiger charge is -2.23. The quantitative estimate of drug-likeness (QED) is 0.908. The molecule has 0 spiro atoms. The fraction of sp³-hybridized carbons (Fsp3) is 0.235. The Kier molecular flexibility index (Phi) is 4.05. The van der Waals surface area contributed by atoms with Crippen LogP contribution in [-0.2, 0) is 4.79 Å². The maximum atomic E-state index is 11.9. The average molecular weight is 318 g/mol. The molecule has 22 heavy (non-hydrogen) atoms. The van der Waals surface area contributed by atoms with Crippen molar-refractivity contribution in [3.63, 3.8) is 0 Å². The first kappa shape index (κ1) is 14.9. The Hall–Kier alpha value is -2.04. The largest absolute Gasteiger partial charge is 0.481 e. The van der Waals surface area contributed by atoms with Crippen LogP contribution < -0.4 is 10.1 Å². The standard InChI is InChI=1S/C17H16ClNO3/c1-19-9-13-11-4-2-3-5-14(11)22-15-7-6-10(18)8-12(15)16(13)17(20)21/h2-8,13,16,19H,9H2,1H3,(H,20,21). The molecule has 2 unspecified atom stereocenters. The first-order valence-corrected chi connectivity index (χ1v) is 7.43. The number of ether oxygens (including phenoxy) is 1. The summed E-state index contributed by atoms with van der Waals surface area (Å²) in [4.78, 5) is 11.9. The molecule has 1 aliphatic rings. The molecule has 2 aromatic rings. The van der Waals surface area contributed by atoms with Gasteiger partial charge in [0.15, 0.2) is 0 Å². The van der Waals surface area contributed by atoms with Gasteiger partial charge in [-0.1, -0.05) is 29.8 Å². The van der Waals surface area contributed by atoms with E-state index in [0.29, 0.717) is 28.6 Å². The molecular weight excluding hydrogens is 302 g/mol. The van der Waals surface area contributed by atoms with Crippen molar-refractivity contribution in [2.45, 2.75) is 11.8 Å². The molecule has 114 valence electrons. The molecule has 3 rings (SSSR count). The summed E-state index contributed by atoms with van der Waals surface area (Å²) in [6, 6.07) is 12.7. The molecule has 4 nitrogen and oxygen atoms in total. The second-order valence-corrected chi connectivity index (χ2v) is 5.74. The van der Waals surface area contributed by atoms with E-state index in [-0.39, 0.29) is 5.92 Å². The van der Waals surface area contributed by atoms with E-state index in [1.807, 2.05) is 31.3 Å². The zero-order valence-electron chi connectivity index (χ0n) is 12.0. The number of aliphatic carboxylic acids is 1. The van der Waals surface area contributed by atoms with Crippen molar-refractivity contribution in [1.29, 1.82) is 0 Å². The summed E-state index contributed by atoms with van der Waals surface area (Å²) >= 11 is 6.07. The van der Waals surface area contributed by atoms with Crippen LogP contribution in [0.4, 0.5) is 0 Å². The van der Waals surface area contributed by atoms with Gasteiger partial charge in [0.05, 0.1) is 5.92 Å². The molecule has 2 N–H and O–H groups in total. The Labute approximate surface area is 133 Å². The minimum Gasteiger partial charge on any atom is -0.481 e. The molecule has 2 aromatic carbocycles. The lowest BCUT2D eigenvalue weighted by molar-refractivity contribution is -0.139. The number of carboxylic acid groups (broad SMARTS) is 1. The molecule has 0 saturated heterocycles. The number of carbonyl (C=O) groups is 1. The van der Waals surface area contributed by atoms with Crippen LogP contribution >= 0.6 is 11.6 Å². The monoisotopic (exact) mass is 317 g/mol. The normalized spacial score (nSPS) is 19.5. The van der Waals surface area contributed by atoms with Gasteiger partial charge in [0.1, 0.15) is 11.5 Å². The molecule has 0 fully saturated rings. The van der Waals surface area contributed by atoms with Crippen molar-refractivity contribution in [2.24, 2.45) is 0 Å². The predicted molar refractivity (Wildman–Crippen MR) is 85.0 cm³/mol. The second-order valence-electron chi connectivity index (χ2n) is 5.30. The lowest BCUT2D eigenvalue weighted by Crippen LogP contribution is -2.27. The highest BCUT2D eigenvalue weighted by Crippen LogP contribution is 2.46. The third kappa shape index (κ3) is 2.56. The maximum absolute atomic E-state index is 11.9. The Morgan fingerprint density at radius 2 is 1.95 bits per heavy atom. The zero-order chi connectivity index (χ0) is 15.7. The number of carboxylic acids is 1. The van der Waals surface area contributed by atoms with Crippen LogP contribution in [0.15, 0.2) is 42.5 Å². The molecule has 0 saturated carbocycles. The Bertz CT molecular complexity index is 717. The zero-order valence-corrected chi connectivity index (χ0v) is 12.8. The number of rotatable bonds is 3. The first-order chi connectivity index (χ1) is 10.6. The third-order valence-electron chi connectivity index (χ3n) is 3.94. The van der Waals surface area contributed by atoms with Gasteiger partial charge in [-0.25, -0.2) is 0 Å². The van der Waals surface area contributed by atoms with Crippen molar-refractivity contribution < 1.29 is 14.6 Å². The van der Waals surface area contributed by atoms with E-state index in [4.69, 9.17) is 16.3 Å². The van der Waals surface area contributed by atoms with E-state index in [1.165, 1.54) is 0 Å². The molecule has 0 bridgehead atoms. The molecule has 0 aromatic heterocycles. The van der Waals surface area contributed by atoms with Crippen molar-refractivity contribution in [3.8, 4) is 11.5 Å². The van der Waals surface area contributed by atoms with Gasteiger partial charge in [0, 0.05) is 28.6 Å². The number of hydrogen-bond acceptors (Lipinski definition) is 3. The lowest BCUT2D eigenvalue weighted by atomic mass is 9.81. The number of benzene rings is 2. The summed E-state index contributed by atoms with van der Waals surface area (Å²) in [5, 5.41) is 13.4. The van der Waals surface area contributed by atoms with Gasteiger partial charge in [-0.05, 0) is 31.3 Å². The second kappa shape index (κ2) is 5.99. The van der Waals surface area contributed by atoms with Crippen LogP contribution in [0.1, 0.15) is 23.0 Å². The third-order valence-corrected chi connectivity index (χ3v) is 4.17. The van der Waals surface area contributed by atoms with E-state index in [1.54, 1.807) is 18.2 Å². The van der Waals surface area contributed by atoms with E-state index >= 15 is 0 Å². The van der Waals surface area contributed by atoms with Crippen molar-refractivity contribution >= 4 is 17.6 Å². The summed E-state index contributed by atoms with van der Waals surface area (Å²) in [7, 11) is 1.81. The van der Waals surface area contributed by atoms with Crippen molar-refractivity contribution in [2.75, 3.05) is 13.6 Å². The number of hydrogen-bond donors (Lipinski definition) is 2. The molecule has 0 amide bonds. The highest BCUT2D eigenvalue weighted by Gasteiger charge is 2.37. The fourth-order valence-electron chi connectivity index (χ4n) is 3.00. The van der Waals surface area contributed by atoms with Gasteiger partial charge in [-0.3, -0.25) is 4.79 Å². The van der Waals surface area contributed by atoms with Gasteiger partial charge < -0.3 is 15.2 Å². The van der Waals surface area contributed by atoms with E-state index in [2.05, 4.69) is 5.32 Å². The van der Waals surface area contributed by atoms with Crippen LogP contribution in [0.5, 0.6) is 11.5 Å². The van der Waals surface area contributed by atoms with Crippen molar-refractivity contribution in [1.82, 2.24) is 5.32 Å². The molecule has 1 heterocycles. The number of fused-ring (bicyclic) bond motifs is 2. The van der Waals surface area contributed by atoms with E-state index in [0.717, 1.165) is 5.56 Å². The molecule has 0 aliphatic carbocycles.